The van der Waals surface area contributed by atoms with Crippen LogP contribution in [0.3, 0.4) is 0 Å². The average molecular weight is 296 g/mol. The number of piperidine rings is 1. The summed E-state index contributed by atoms with van der Waals surface area (Å²) in [6, 6.07) is 5.11. The Balaban J connectivity index is 2.25. The van der Waals surface area contributed by atoms with Gasteiger partial charge in [-0.1, -0.05) is 19.9 Å². The Morgan fingerprint density at radius 3 is 2.48 bits per heavy atom. The van der Waals surface area contributed by atoms with Crippen LogP contribution >= 0.6 is 0 Å². The number of likely N-dealkylation sites (tertiary alicyclic amines) is 1. The largest absolute Gasteiger partial charge is 0.312 e. The van der Waals surface area contributed by atoms with Crippen molar-refractivity contribution >= 4 is 0 Å². The summed E-state index contributed by atoms with van der Waals surface area (Å²) >= 11 is 0. The van der Waals surface area contributed by atoms with Crippen LogP contribution in [0.1, 0.15) is 52.1 Å². The van der Waals surface area contributed by atoms with Crippen molar-refractivity contribution in [1.82, 2.24) is 10.2 Å². The van der Waals surface area contributed by atoms with Gasteiger partial charge in [-0.2, -0.15) is 0 Å². The Hall–Kier alpha value is -1.00. The molecular formula is C17H26F2N2. The molecule has 4 heteroatoms. The number of hydrogen-bond acceptors (Lipinski definition) is 2. The Labute approximate surface area is 126 Å². The lowest BCUT2D eigenvalue weighted by molar-refractivity contribution is 0.0881. The van der Waals surface area contributed by atoms with Gasteiger partial charge in [-0.15, -0.1) is 0 Å². The zero-order chi connectivity index (χ0) is 15.6. The minimum absolute atomic E-state index is 0.00981. The molecule has 1 N–H and O–H groups in total. The topological polar surface area (TPSA) is 15.3 Å². The summed E-state index contributed by atoms with van der Waals surface area (Å²) in [5, 5.41) is 3.55. The van der Waals surface area contributed by atoms with Gasteiger partial charge < -0.3 is 5.32 Å². The minimum atomic E-state index is -0.514. The van der Waals surface area contributed by atoms with Gasteiger partial charge >= 0.3 is 0 Å². The van der Waals surface area contributed by atoms with E-state index in [0.717, 1.165) is 25.5 Å². The van der Waals surface area contributed by atoms with Crippen molar-refractivity contribution in [3.63, 3.8) is 0 Å². The molecule has 0 bridgehead atoms. The molecule has 1 fully saturated rings. The SMILES string of the molecule is CC(C)NC1CCN(C(C)C)C(c2ccc(F)cc2F)C1. The first-order chi connectivity index (χ1) is 9.88. The van der Waals surface area contributed by atoms with E-state index in [-0.39, 0.29) is 6.04 Å². The fourth-order valence-corrected chi connectivity index (χ4v) is 3.30. The summed E-state index contributed by atoms with van der Waals surface area (Å²) < 4.78 is 27.3. The highest BCUT2D eigenvalue weighted by molar-refractivity contribution is 5.23. The monoisotopic (exact) mass is 296 g/mol. The molecule has 1 aliphatic heterocycles. The van der Waals surface area contributed by atoms with E-state index in [1.54, 1.807) is 6.07 Å². The quantitative estimate of drug-likeness (QED) is 0.907. The molecule has 21 heavy (non-hydrogen) atoms. The van der Waals surface area contributed by atoms with Crippen LogP contribution in [0.4, 0.5) is 8.78 Å². The second-order valence-electron chi connectivity index (χ2n) is 6.56. The van der Waals surface area contributed by atoms with E-state index in [4.69, 9.17) is 0 Å². The van der Waals surface area contributed by atoms with E-state index < -0.39 is 11.6 Å². The third kappa shape index (κ3) is 4.01. The number of hydrogen-bond donors (Lipinski definition) is 1. The van der Waals surface area contributed by atoms with Crippen molar-refractivity contribution in [3.05, 3.63) is 35.4 Å². The van der Waals surface area contributed by atoms with Crippen LogP contribution in [0.5, 0.6) is 0 Å². The molecule has 0 radical (unpaired) electrons. The summed E-state index contributed by atoms with van der Waals surface area (Å²) in [7, 11) is 0. The van der Waals surface area contributed by atoms with Crippen molar-refractivity contribution in [2.24, 2.45) is 0 Å². The van der Waals surface area contributed by atoms with Gasteiger partial charge in [0.25, 0.3) is 0 Å². The van der Waals surface area contributed by atoms with Crippen LogP contribution in [0.25, 0.3) is 0 Å². The fraction of sp³-hybridized carbons (Fsp3) is 0.647. The predicted octanol–water partition coefficient (Wildman–Crippen LogP) is 3.88. The van der Waals surface area contributed by atoms with Crippen molar-refractivity contribution in [1.29, 1.82) is 0 Å². The lowest BCUT2D eigenvalue weighted by atomic mass is 9.90. The molecule has 1 aromatic rings. The normalized spacial score (nSPS) is 24.0. The molecule has 2 atom stereocenters. The highest BCUT2D eigenvalue weighted by Crippen LogP contribution is 2.34. The Kier molecular flexibility index (Phi) is 5.33. The van der Waals surface area contributed by atoms with Gasteiger partial charge in [0, 0.05) is 42.3 Å². The number of halogens is 2. The van der Waals surface area contributed by atoms with E-state index in [1.807, 2.05) is 0 Å². The van der Waals surface area contributed by atoms with Gasteiger partial charge in [0.1, 0.15) is 11.6 Å². The van der Waals surface area contributed by atoms with E-state index in [1.165, 1.54) is 6.07 Å². The molecule has 2 nitrogen and oxygen atoms in total. The first-order valence-electron chi connectivity index (χ1n) is 7.85. The highest BCUT2D eigenvalue weighted by Gasteiger charge is 2.32. The number of benzene rings is 1. The molecule has 0 saturated carbocycles. The third-order valence-electron chi connectivity index (χ3n) is 4.20. The molecule has 0 aliphatic carbocycles. The maximum Gasteiger partial charge on any atom is 0.130 e. The first kappa shape index (κ1) is 16.4. The van der Waals surface area contributed by atoms with Crippen LogP contribution in [0.2, 0.25) is 0 Å². The van der Waals surface area contributed by atoms with Crippen molar-refractivity contribution in [2.75, 3.05) is 6.54 Å². The van der Waals surface area contributed by atoms with Crippen molar-refractivity contribution in [3.8, 4) is 0 Å². The molecule has 1 aliphatic rings. The Bertz CT molecular complexity index is 474. The summed E-state index contributed by atoms with van der Waals surface area (Å²) in [6.07, 6.45) is 1.93. The molecule has 2 rings (SSSR count). The molecule has 1 saturated heterocycles. The zero-order valence-corrected chi connectivity index (χ0v) is 13.4. The van der Waals surface area contributed by atoms with Crippen LogP contribution in [0, 0.1) is 11.6 Å². The second-order valence-corrected chi connectivity index (χ2v) is 6.56. The van der Waals surface area contributed by atoms with E-state index in [0.29, 0.717) is 23.7 Å². The van der Waals surface area contributed by atoms with Crippen LogP contribution in [-0.2, 0) is 0 Å². The van der Waals surface area contributed by atoms with Gasteiger partial charge in [0.05, 0.1) is 0 Å². The molecule has 1 heterocycles. The Morgan fingerprint density at radius 1 is 1.19 bits per heavy atom. The standard InChI is InChI=1S/C17H26F2N2/c1-11(2)20-14-7-8-21(12(3)4)17(10-14)15-6-5-13(18)9-16(15)19/h5-6,9,11-12,14,17,20H,7-8,10H2,1-4H3. The summed E-state index contributed by atoms with van der Waals surface area (Å²) in [6.45, 7) is 9.45. The maximum absolute atomic E-state index is 14.2. The maximum atomic E-state index is 14.2. The molecule has 1 aromatic carbocycles. The van der Waals surface area contributed by atoms with Gasteiger partial charge in [-0.05, 0) is 32.8 Å². The average Bonchev–Trinajstić information content (AvgIpc) is 2.37. The van der Waals surface area contributed by atoms with Gasteiger partial charge in [-0.3, -0.25) is 4.90 Å². The summed E-state index contributed by atoms with van der Waals surface area (Å²) in [5.74, 6) is -0.948. The van der Waals surface area contributed by atoms with Gasteiger partial charge in [0.2, 0.25) is 0 Å². The van der Waals surface area contributed by atoms with Crippen LogP contribution in [-0.4, -0.2) is 29.6 Å². The molecule has 118 valence electrons. The number of nitrogens with one attached hydrogen (secondary N) is 1. The predicted molar refractivity (Wildman–Crippen MR) is 82.2 cm³/mol. The fourth-order valence-electron chi connectivity index (χ4n) is 3.30. The molecule has 0 aromatic heterocycles. The first-order valence-corrected chi connectivity index (χ1v) is 7.85. The zero-order valence-electron chi connectivity index (χ0n) is 13.4. The van der Waals surface area contributed by atoms with Gasteiger partial charge in [-0.25, -0.2) is 8.78 Å². The smallest absolute Gasteiger partial charge is 0.130 e. The summed E-state index contributed by atoms with van der Waals surface area (Å²) in [4.78, 5) is 2.31. The van der Waals surface area contributed by atoms with E-state index in [2.05, 4.69) is 37.9 Å². The lowest BCUT2D eigenvalue weighted by Crippen LogP contribution is -2.48. The van der Waals surface area contributed by atoms with Crippen LogP contribution < -0.4 is 5.32 Å². The molecular weight excluding hydrogens is 270 g/mol. The van der Waals surface area contributed by atoms with Gasteiger partial charge in [0.15, 0.2) is 0 Å². The Morgan fingerprint density at radius 2 is 1.90 bits per heavy atom. The molecule has 0 spiro atoms. The number of rotatable bonds is 4. The van der Waals surface area contributed by atoms with Crippen molar-refractivity contribution < 1.29 is 8.78 Å². The molecule has 0 amide bonds. The minimum Gasteiger partial charge on any atom is -0.312 e. The summed E-state index contributed by atoms with van der Waals surface area (Å²) in [5.41, 5.74) is 0.611. The third-order valence-corrected chi connectivity index (χ3v) is 4.20. The van der Waals surface area contributed by atoms with E-state index in [9.17, 15) is 8.78 Å². The number of nitrogens with zero attached hydrogens (tertiary/aromatic N) is 1. The van der Waals surface area contributed by atoms with Crippen molar-refractivity contribution in [2.45, 2.75) is 64.7 Å². The van der Waals surface area contributed by atoms with Crippen LogP contribution in [0.15, 0.2) is 18.2 Å². The molecule has 2 unspecified atom stereocenters. The second kappa shape index (κ2) is 6.84. The van der Waals surface area contributed by atoms with E-state index >= 15 is 0 Å². The highest BCUT2D eigenvalue weighted by atomic mass is 19.1. The lowest BCUT2D eigenvalue weighted by Gasteiger charge is -2.43.